The Bertz CT molecular complexity index is 747. The van der Waals surface area contributed by atoms with Gasteiger partial charge in [0.05, 0.1) is 28.3 Å². The van der Waals surface area contributed by atoms with Gasteiger partial charge in [-0.2, -0.15) is 26.3 Å². The van der Waals surface area contributed by atoms with Gasteiger partial charge in [0.15, 0.2) is 0 Å². The Balaban J connectivity index is 2.24. The van der Waals surface area contributed by atoms with E-state index >= 15 is 0 Å². The van der Waals surface area contributed by atoms with Crippen molar-refractivity contribution in [2.45, 2.75) is 18.3 Å². The van der Waals surface area contributed by atoms with Gasteiger partial charge in [0.1, 0.15) is 5.92 Å². The molecular weight excluding hydrogens is 310 g/mol. The topological polar surface area (TPSA) is 25.8 Å². The van der Waals surface area contributed by atoms with Gasteiger partial charge in [-0.1, -0.05) is 18.2 Å². The maximum atomic E-state index is 13.2. The molecule has 1 aromatic heterocycles. The van der Waals surface area contributed by atoms with Gasteiger partial charge >= 0.3 is 12.4 Å². The molecule has 8 heteroatoms. The van der Waals surface area contributed by atoms with Crippen molar-refractivity contribution in [2.75, 3.05) is 0 Å². The van der Waals surface area contributed by atoms with Crippen molar-refractivity contribution in [3.05, 3.63) is 41.7 Å². The van der Waals surface area contributed by atoms with Crippen LogP contribution in [0.25, 0.3) is 17.1 Å². The van der Waals surface area contributed by atoms with Crippen molar-refractivity contribution in [3.63, 3.8) is 0 Å². The molecule has 0 bridgehead atoms. The van der Waals surface area contributed by atoms with Crippen molar-refractivity contribution in [1.82, 2.24) is 9.97 Å². The zero-order valence-corrected chi connectivity index (χ0v) is 10.8. The number of aromatic nitrogens is 2. The molecule has 0 N–H and O–H groups in total. The Morgan fingerprint density at radius 1 is 0.818 bits per heavy atom. The molecule has 22 heavy (non-hydrogen) atoms. The van der Waals surface area contributed by atoms with E-state index in [1.54, 1.807) is 6.07 Å². The summed E-state index contributed by atoms with van der Waals surface area (Å²) in [4.78, 5) is 7.77. The molecule has 0 aliphatic heterocycles. The highest BCUT2D eigenvalue weighted by Gasteiger charge is 2.57. The lowest BCUT2D eigenvalue weighted by atomic mass is 9.83. The van der Waals surface area contributed by atoms with E-state index in [4.69, 9.17) is 0 Å². The summed E-state index contributed by atoms with van der Waals surface area (Å²) in [6, 6.07) is 6.10. The summed E-state index contributed by atoms with van der Waals surface area (Å²) in [6.45, 7) is 0. The highest BCUT2D eigenvalue weighted by atomic mass is 19.4. The number of hydrogen-bond acceptors (Lipinski definition) is 2. The van der Waals surface area contributed by atoms with Crippen molar-refractivity contribution >= 4 is 17.1 Å². The third-order valence-electron chi connectivity index (χ3n) is 3.47. The predicted octanol–water partition coefficient (Wildman–Crippen LogP) is 4.48. The number of para-hydroxylation sites is 2. The molecule has 2 unspecified atom stereocenters. The van der Waals surface area contributed by atoms with Crippen LogP contribution in [0.2, 0.25) is 0 Å². The van der Waals surface area contributed by atoms with Gasteiger partial charge in [0, 0.05) is 0 Å². The van der Waals surface area contributed by atoms with Crippen LogP contribution < -0.4 is 0 Å². The van der Waals surface area contributed by atoms with E-state index in [-0.39, 0.29) is 11.2 Å². The summed E-state index contributed by atoms with van der Waals surface area (Å²) in [5.41, 5.74) is -0.401. The zero-order chi connectivity index (χ0) is 16.1. The lowest BCUT2D eigenvalue weighted by molar-refractivity contribution is -0.221. The molecular formula is C14H8F6N2. The predicted molar refractivity (Wildman–Crippen MR) is 66.9 cm³/mol. The summed E-state index contributed by atoms with van der Waals surface area (Å²) in [6.07, 6.45) is -8.63. The van der Waals surface area contributed by atoms with E-state index in [1.165, 1.54) is 18.2 Å². The Hall–Kier alpha value is -2.12. The molecule has 1 aliphatic carbocycles. The monoisotopic (exact) mass is 318 g/mol. The Labute approximate surface area is 120 Å². The van der Waals surface area contributed by atoms with Crippen LogP contribution in [0, 0.1) is 5.92 Å². The van der Waals surface area contributed by atoms with E-state index in [1.807, 2.05) is 0 Å². The van der Waals surface area contributed by atoms with E-state index in [2.05, 4.69) is 9.97 Å². The summed E-state index contributed by atoms with van der Waals surface area (Å²) in [5, 5.41) is 0. The molecule has 2 atom stereocenters. The van der Waals surface area contributed by atoms with Crippen LogP contribution in [0.3, 0.4) is 0 Å². The quantitative estimate of drug-likeness (QED) is 0.669. The molecule has 3 rings (SSSR count). The molecule has 116 valence electrons. The molecule has 0 saturated heterocycles. The highest BCUT2D eigenvalue weighted by Crippen LogP contribution is 2.50. The van der Waals surface area contributed by atoms with Crippen LogP contribution in [0.15, 0.2) is 30.3 Å². The number of hydrogen-bond donors (Lipinski definition) is 0. The number of halogens is 6. The van der Waals surface area contributed by atoms with E-state index < -0.39 is 29.9 Å². The summed E-state index contributed by atoms with van der Waals surface area (Å²) in [7, 11) is 0. The second kappa shape index (κ2) is 4.69. The second-order valence-corrected chi connectivity index (χ2v) is 4.93. The first kappa shape index (κ1) is 14.8. The number of fused-ring (bicyclic) bond motifs is 2. The van der Waals surface area contributed by atoms with Gasteiger partial charge in [0.25, 0.3) is 0 Å². The van der Waals surface area contributed by atoms with Crippen molar-refractivity contribution < 1.29 is 26.3 Å². The van der Waals surface area contributed by atoms with Gasteiger partial charge < -0.3 is 0 Å². The van der Waals surface area contributed by atoms with Gasteiger partial charge in [-0.3, -0.25) is 0 Å². The molecule has 1 heterocycles. The number of nitrogens with zero attached hydrogens (tertiary/aromatic N) is 2. The van der Waals surface area contributed by atoms with Crippen molar-refractivity contribution in [3.8, 4) is 0 Å². The van der Waals surface area contributed by atoms with Gasteiger partial charge in [-0.15, -0.1) is 0 Å². The maximum absolute atomic E-state index is 13.2. The Morgan fingerprint density at radius 2 is 1.41 bits per heavy atom. The molecule has 1 aliphatic rings. The van der Waals surface area contributed by atoms with E-state index in [0.717, 1.165) is 6.08 Å². The van der Waals surface area contributed by atoms with Crippen molar-refractivity contribution in [1.29, 1.82) is 0 Å². The van der Waals surface area contributed by atoms with Gasteiger partial charge in [0.2, 0.25) is 0 Å². The van der Waals surface area contributed by atoms with Crippen molar-refractivity contribution in [2.24, 2.45) is 5.92 Å². The molecule has 0 spiro atoms. The Kier molecular flexibility index (Phi) is 3.15. The number of benzene rings is 1. The highest BCUT2D eigenvalue weighted by molar-refractivity contribution is 5.76. The third kappa shape index (κ3) is 2.42. The van der Waals surface area contributed by atoms with Crippen LogP contribution >= 0.6 is 0 Å². The molecule has 2 aromatic rings. The molecule has 2 nitrogen and oxygen atoms in total. The zero-order valence-electron chi connectivity index (χ0n) is 10.8. The summed E-state index contributed by atoms with van der Waals surface area (Å²) >= 11 is 0. The standard InChI is InChI=1S/C14H8F6N2/c15-13(16,17)7-5-6-10-12(11(7)14(18,19)20)22-9-4-2-1-3-8(9)21-10/h1-7,11H. The third-order valence-corrected chi connectivity index (χ3v) is 3.47. The first-order valence-electron chi connectivity index (χ1n) is 6.26. The average Bonchev–Trinajstić information content (AvgIpc) is 2.41. The van der Waals surface area contributed by atoms with Gasteiger partial charge in [-0.05, 0) is 18.2 Å². The number of allylic oxidation sites excluding steroid dienone is 1. The maximum Gasteiger partial charge on any atom is 0.398 e. The SMILES string of the molecule is FC(F)(F)C1C=Cc2nc3ccccc3nc2C1C(F)(F)F. The fraction of sp³-hybridized carbons (Fsp3) is 0.286. The van der Waals surface area contributed by atoms with Crippen LogP contribution in [-0.4, -0.2) is 22.3 Å². The molecule has 0 amide bonds. The minimum Gasteiger partial charge on any atom is -0.248 e. The van der Waals surface area contributed by atoms with Gasteiger partial charge in [-0.25, -0.2) is 9.97 Å². The smallest absolute Gasteiger partial charge is 0.248 e. The molecule has 0 saturated carbocycles. The normalized spacial score (nSPS) is 21.9. The largest absolute Gasteiger partial charge is 0.398 e. The number of rotatable bonds is 0. The first-order valence-corrected chi connectivity index (χ1v) is 6.26. The second-order valence-electron chi connectivity index (χ2n) is 4.93. The molecule has 1 aromatic carbocycles. The number of alkyl halides is 6. The van der Waals surface area contributed by atoms with Crippen LogP contribution in [0.5, 0.6) is 0 Å². The Morgan fingerprint density at radius 3 is 1.95 bits per heavy atom. The minimum atomic E-state index is -5.07. The first-order chi connectivity index (χ1) is 10.2. The van der Waals surface area contributed by atoms with Crippen LogP contribution in [0.1, 0.15) is 17.3 Å². The average molecular weight is 318 g/mol. The summed E-state index contributed by atoms with van der Waals surface area (Å²) in [5.74, 6) is -5.40. The van der Waals surface area contributed by atoms with Crippen LogP contribution in [0.4, 0.5) is 26.3 Å². The van der Waals surface area contributed by atoms with E-state index in [9.17, 15) is 26.3 Å². The lowest BCUT2D eigenvalue weighted by Crippen LogP contribution is -2.38. The molecule has 0 radical (unpaired) electrons. The van der Waals surface area contributed by atoms with Crippen LogP contribution in [-0.2, 0) is 0 Å². The fourth-order valence-electron chi connectivity index (χ4n) is 2.51. The summed E-state index contributed by atoms with van der Waals surface area (Å²) < 4.78 is 78.4. The molecule has 0 fully saturated rings. The van der Waals surface area contributed by atoms with E-state index in [0.29, 0.717) is 11.6 Å². The fourth-order valence-corrected chi connectivity index (χ4v) is 2.51. The minimum absolute atomic E-state index is 0.131. The lowest BCUT2D eigenvalue weighted by Gasteiger charge is -2.31.